The first-order valence-corrected chi connectivity index (χ1v) is 8.37. The lowest BCUT2D eigenvalue weighted by Gasteiger charge is -2.32. The Bertz CT molecular complexity index is 336. The van der Waals surface area contributed by atoms with Gasteiger partial charge in [0.05, 0.1) is 6.54 Å². The Morgan fingerprint density at radius 1 is 1.24 bits per heavy atom. The molecule has 3 N–H and O–H groups in total. The quantitative estimate of drug-likeness (QED) is 0.313. The fourth-order valence-corrected chi connectivity index (χ4v) is 3.21. The third kappa shape index (κ3) is 5.94. The van der Waals surface area contributed by atoms with Gasteiger partial charge in [-0.05, 0) is 38.0 Å². The molecule has 1 amide bonds. The maximum Gasteiger partial charge on any atom is 0.226 e. The molecule has 0 radical (unpaired) electrons. The monoisotopic (exact) mass is 297 g/mol. The van der Waals surface area contributed by atoms with Gasteiger partial charge in [0, 0.05) is 12.5 Å². The number of carbonyl (C=O) groups excluding carboxylic acids is 1. The molecule has 0 bridgehead atoms. The highest BCUT2D eigenvalue weighted by molar-refractivity contribution is 5.87. The van der Waals surface area contributed by atoms with Gasteiger partial charge in [-0.3, -0.25) is 4.79 Å². The third-order valence-electron chi connectivity index (χ3n) is 4.45. The van der Waals surface area contributed by atoms with Crippen LogP contribution in [0.3, 0.4) is 0 Å². The minimum Gasteiger partial charge on any atom is -0.409 e. The molecule has 0 spiro atoms. The second-order valence-electron chi connectivity index (χ2n) is 6.21. The van der Waals surface area contributed by atoms with Crippen molar-refractivity contribution in [2.45, 2.75) is 65.2 Å². The van der Waals surface area contributed by atoms with Crippen LogP contribution in [0.5, 0.6) is 0 Å². The molecule has 1 aliphatic rings. The van der Waals surface area contributed by atoms with Crippen LogP contribution in [0, 0.1) is 11.8 Å². The first-order valence-electron chi connectivity index (χ1n) is 8.37. The number of unbranched alkanes of at least 4 members (excludes halogenated alkanes) is 1. The summed E-state index contributed by atoms with van der Waals surface area (Å²) in [5, 5.41) is 11.7. The number of amidine groups is 1. The minimum atomic E-state index is 0.105. The molecule has 5 heteroatoms. The number of hydrogen-bond acceptors (Lipinski definition) is 3. The Morgan fingerprint density at radius 2 is 1.90 bits per heavy atom. The van der Waals surface area contributed by atoms with Crippen LogP contribution in [0.25, 0.3) is 0 Å². The summed E-state index contributed by atoms with van der Waals surface area (Å²) >= 11 is 0. The molecule has 5 nitrogen and oxygen atoms in total. The zero-order valence-corrected chi connectivity index (χ0v) is 13.6. The van der Waals surface area contributed by atoms with Gasteiger partial charge in [0.1, 0.15) is 0 Å². The van der Waals surface area contributed by atoms with Crippen molar-refractivity contribution in [3.05, 3.63) is 0 Å². The van der Waals surface area contributed by atoms with Crippen LogP contribution < -0.4 is 5.73 Å². The Kier molecular flexibility index (Phi) is 8.16. The Hall–Kier alpha value is -1.26. The van der Waals surface area contributed by atoms with Gasteiger partial charge < -0.3 is 15.8 Å². The highest BCUT2D eigenvalue weighted by Gasteiger charge is 2.29. The van der Waals surface area contributed by atoms with Gasteiger partial charge in [-0.25, -0.2) is 0 Å². The highest BCUT2D eigenvalue weighted by atomic mass is 16.4. The van der Waals surface area contributed by atoms with Crippen LogP contribution >= 0.6 is 0 Å². The lowest BCUT2D eigenvalue weighted by molar-refractivity contribution is -0.136. The Labute approximate surface area is 128 Å². The van der Waals surface area contributed by atoms with Crippen molar-refractivity contribution in [3.63, 3.8) is 0 Å². The summed E-state index contributed by atoms with van der Waals surface area (Å²) in [5.41, 5.74) is 5.55. The molecule has 1 aliphatic carbocycles. The Morgan fingerprint density at radius 3 is 2.43 bits per heavy atom. The van der Waals surface area contributed by atoms with Gasteiger partial charge in [0.2, 0.25) is 5.91 Å². The van der Waals surface area contributed by atoms with Crippen molar-refractivity contribution < 1.29 is 10.0 Å². The van der Waals surface area contributed by atoms with Crippen molar-refractivity contribution in [1.29, 1.82) is 0 Å². The van der Waals surface area contributed by atoms with Crippen LogP contribution in [0.4, 0.5) is 0 Å². The summed E-state index contributed by atoms with van der Waals surface area (Å²) in [6.45, 7) is 5.17. The van der Waals surface area contributed by atoms with E-state index in [2.05, 4.69) is 12.1 Å². The summed E-state index contributed by atoms with van der Waals surface area (Å²) in [5.74, 6) is 1.21. The van der Waals surface area contributed by atoms with Gasteiger partial charge in [0.15, 0.2) is 5.84 Å². The van der Waals surface area contributed by atoms with Gasteiger partial charge in [-0.15, -0.1) is 0 Å². The smallest absolute Gasteiger partial charge is 0.226 e. The van der Waals surface area contributed by atoms with Crippen LogP contribution in [-0.2, 0) is 4.79 Å². The van der Waals surface area contributed by atoms with Crippen LogP contribution in [0.15, 0.2) is 5.16 Å². The summed E-state index contributed by atoms with van der Waals surface area (Å²) in [6, 6.07) is 0. The van der Waals surface area contributed by atoms with E-state index in [-0.39, 0.29) is 24.2 Å². The highest BCUT2D eigenvalue weighted by Crippen LogP contribution is 2.32. The van der Waals surface area contributed by atoms with Crippen LogP contribution in [0.1, 0.15) is 65.2 Å². The molecule has 1 fully saturated rings. The molecule has 122 valence electrons. The van der Waals surface area contributed by atoms with Crippen molar-refractivity contribution >= 4 is 11.7 Å². The zero-order valence-electron chi connectivity index (χ0n) is 13.6. The molecular weight excluding hydrogens is 266 g/mol. The van der Waals surface area contributed by atoms with Crippen molar-refractivity contribution in [2.24, 2.45) is 22.7 Å². The summed E-state index contributed by atoms with van der Waals surface area (Å²) in [6.07, 6.45) is 9.06. The molecule has 0 unspecified atom stereocenters. The minimum absolute atomic E-state index is 0.105. The molecule has 0 aromatic rings. The fraction of sp³-hybridized carbons (Fsp3) is 0.875. The maximum absolute atomic E-state index is 12.6. The predicted octanol–water partition coefficient (Wildman–Crippen LogP) is 2.97. The maximum atomic E-state index is 12.6. The predicted molar refractivity (Wildman–Crippen MR) is 85.3 cm³/mol. The molecule has 1 rings (SSSR count). The molecule has 0 saturated heterocycles. The summed E-state index contributed by atoms with van der Waals surface area (Å²) in [7, 11) is 0. The number of hydrogen-bond donors (Lipinski definition) is 2. The largest absolute Gasteiger partial charge is 0.409 e. The van der Waals surface area contributed by atoms with E-state index < -0.39 is 0 Å². The number of carbonyl (C=O) groups is 1. The van der Waals surface area contributed by atoms with E-state index in [1.54, 1.807) is 4.90 Å². The second kappa shape index (κ2) is 9.64. The molecular formula is C16H31N3O2. The fourth-order valence-electron chi connectivity index (χ4n) is 3.21. The summed E-state index contributed by atoms with van der Waals surface area (Å²) in [4.78, 5) is 14.3. The SMILES string of the molecule is CCCCC1CCC(C(=O)N(CCC)CC(N)=NO)CC1. The van der Waals surface area contributed by atoms with E-state index in [1.165, 1.54) is 32.1 Å². The number of nitrogens with two attached hydrogens (primary N) is 1. The zero-order chi connectivity index (χ0) is 15.7. The molecule has 0 heterocycles. The van der Waals surface area contributed by atoms with E-state index in [0.29, 0.717) is 6.54 Å². The van der Waals surface area contributed by atoms with Gasteiger partial charge in [-0.1, -0.05) is 38.3 Å². The summed E-state index contributed by atoms with van der Waals surface area (Å²) < 4.78 is 0. The molecule has 0 aromatic heterocycles. The van der Waals surface area contributed by atoms with Crippen molar-refractivity contribution in [2.75, 3.05) is 13.1 Å². The third-order valence-corrected chi connectivity index (χ3v) is 4.45. The van der Waals surface area contributed by atoms with E-state index in [9.17, 15) is 4.79 Å². The van der Waals surface area contributed by atoms with E-state index in [4.69, 9.17) is 10.9 Å². The molecule has 0 atom stereocenters. The standard InChI is InChI=1S/C16H31N3O2/c1-3-5-6-13-7-9-14(10-8-13)16(20)19(11-4-2)12-15(17)18-21/h13-14,21H,3-12H2,1-2H3,(H2,17,18). The first-order chi connectivity index (χ1) is 10.1. The number of nitrogens with zero attached hydrogens (tertiary/aromatic N) is 2. The molecule has 21 heavy (non-hydrogen) atoms. The van der Waals surface area contributed by atoms with E-state index >= 15 is 0 Å². The molecule has 0 aliphatic heterocycles. The van der Waals surface area contributed by atoms with E-state index in [1.807, 2.05) is 6.92 Å². The topological polar surface area (TPSA) is 78.9 Å². The molecule has 1 saturated carbocycles. The second-order valence-corrected chi connectivity index (χ2v) is 6.21. The van der Waals surface area contributed by atoms with E-state index in [0.717, 1.165) is 25.2 Å². The lowest BCUT2D eigenvalue weighted by Crippen LogP contribution is -2.43. The van der Waals surface area contributed by atoms with Crippen LogP contribution in [0.2, 0.25) is 0 Å². The lowest BCUT2D eigenvalue weighted by atomic mass is 9.79. The van der Waals surface area contributed by atoms with Crippen LogP contribution in [-0.4, -0.2) is 34.9 Å². The van der Waals surface area contributed by atoms with Gasteiger partial charge >= 0.3 is 0 Å². The average Bonchev–Trinajstić information content (AvgIpc) is 2.52. The number of amides is 1. The van der Waals surface area contributed by atoms with Gasteiger partial charge in [0.25, 0.3) is 0 Å². The molecule has 0 aromatic carbocycles. The van der Waals surface area contributed by atoms with Crippen molar-refractivity contribution in [3.8, 4) is 0 Å². The average molecular weight is 297 g/mol. The Balaban J connectivity index is 2.49. The first kappa shape index (κ1) is 17.8. The van der Waals surface area contributed by atoms with Gasteiger partial charge in [-0.2, -0.15) is 0 Å². The normalized spacial score (nSPS) is 23.0. The number of rotatable bonds is 8. The number of oxime groups is 1. The van der Waals surface area contributed by atoms with Crippen molar-refractivity contribution in [1.82, 2.24) is 4.90 Å².